The predicted octanol–water partition coefficient (Wildman–Crippen LogP) is 3.37. The third-order valence-corrected chi connectivity index (χ3v) is 2.62. The van der Waals surface area contributed by atoms with Crippen molar-refractivity contribution in [3.05, 3.63) is 52.1 Å². The van der Waals surface area contributed by atoms with Crippen LogP contribution in [0.25, 0.3) is 0 Å². The van der Waals surface area contributed by atoms with Gasteiger partial charge < -0.3 is 10.5 Å². The second-order valence-electron chi connectivity index (χ2n) is 3.53. The Balaban J connectivity index is 2.33. The molecule has 0 unspecified atom stereocenters. The van der Waals surface area contributed by atoms with Gasteiger partial charge in [0.1, 0.15) is 17.4 Å². The van der Waals surface area contributed by atoms with Gasteiger partial charge >= 0.3 is 0 Å². The summed E-state index contributed by atoms with van der Waals surface area (Å²) >= 11 is 3.15. The number of benzene rings is 1. The van der Waals surface area contributed by atoms with Gasteiger partial charge in [-0.25, -0.2) is 13.8 Å². The summed E-state index contributed by atoms with van der Waals surface area (Å²) in [4.78, 5) is 3.79. The van der Waals surface area contributed by atoms with Crippen LogP contribution < -0.4 is 10.5 Å². The SMILES string of the molecule is NCc1cc(F)cnc1Oc1cc(F)cc(Br)c1. The maximum atomic E-state index is 13.2. The molecule has 94 valence electrons. The van der Waals surface area contributed by atoms with Gasteiger partial charge in [0.25, 0.3) is 0 Å². The van der Waals surface area contributed by atoms with Crippen molar-refractivity contribution in [2.24, 2.45) is 5.73 Å². The van der Waals surface area contributed by atoms with Crippen molar-refractivity contribution in [2.45, 2.75) is 6.54 Å². The highest BCUT2D eigenvalue weighted by Gasteiger charge is 2.08. The Morgan fingerprint density at radius 2 is 1.94 bits per heavy atom. The Labute approximate surface area is 111 Å². The summed E-state index contributed by atoms with van der Waals surface area (Å²) in [7, 11) is 0. The van der Waals surface area contributed by atoms with Crippen LogP contribution in [0.1, 0.15) is 5.56 Å². The van der Waals surface area contributed by atoms with Crippen LogP contribution in [0, 0.1) is 11.6 Å². The zero-order valence-corrected chi connectivity index (χ0v) is 10.7. The zero-order chi connectivity index (χ0) is 13.1. The van der Waals surface area contributed by atoms with Crippen LogP contribution in [0.2, 0.25) is 0 Å². The molecule has 18 heavy (non-hydrogen) atoms. The second kappa shape index (κ2) is 5.41. The van der Waals surface area contributed by atoms with Crippen LogP contribution in [0.3, 0.4) is 0 Å². The average Bonchev–Trinajstić information content (AvgIpc) is 2.30. The number of rotatable bonds is 3. The lowest BCUT2D eigenvalue weighted by Crippen LogP contribution is -2.02. The van der Waals surface area contributed by atoms with E-state index in [1.165, 1.54) is 18.2 Å². The molecule has 0 radical (unpaired) electrons. The summed E-state index contributed by atoms with van der Waals surface area (Å²) in [5.74, 6) is -0.522. The van der Waals surface area contributed by atoms with Crippen molar-refractivity contribution in [3.8, 4) is 11.6 Å². The third-order valence-electron chi connectivity index (χ3n) is 2.16. The van der Waals surface area contributed by atoms with E-state index in [0.29, 0.717) is 10.0 Å². The maximum Gasteiger partial charge on any atom is 0.223 e. The van der Waals surface area contributed by atoms with Gasteiger partial charge in [-0.05, 0) is 18.2 Å². The number of pyridine rings is 1. The monoisotopic (exact) mass is 314 g/mol. The van der Waals surface area contributed by atoms with Gasteiger partial charge in [-0.15, -0.1) is 0 Å². The minimum Gasteiger partial charge on any atom is -0.439 e. The number of hydrogen-bond acceptors (Lipinski definition) is 3. The fourth-order valence-electron chi connectivity index (χ4n) is 1.41. The highest BCUT2D eigenvalue weighted by Crippen LogP contribution is 2.27. The summed E-state index contributed by atoms with van der Waals surface area (Å²) < 4.78 is 32.0. The summed E-state index contributed by atoms with van der Waals surface area (Å²) in [6.45, 7) is 0.0799. The van der Waals surface area contributed by atoms with E-state index in [0.717, 1.165) is 6.20 Å². The van der Waals surface area contributed by atoms with E-state index < -0.39 is 11.6 Å². The number of halogens is 3. The fourth-order valence-corrected chi connectivity index (χ4v) is 1.85. The van der Waals surface area contributed by atoms with E-state index >= 15 is 0 Å². The normalized spacial score (nSPS) is 10.4. The standard InChI is InChI=1S/C12H9BrF2N2O/c13-8-2-9(14)4-11(3-8)18-12-7(5-16)1-10(15)6-17-12/h1-4,6H,5,16H2. The molecule has 1 heterocycles. The molecule has 0 saturated carbocycles. The van der Waals surface area contributed by atoms with Crippen LogP contribution in [0.5, 0.6) is 11.6 Å². The molecule has 2 rings (SSSR count). The first-order chi connectivity index (χ1) is 8.58. The fraction of sp³-hybridized carbons (Fsp3) is 0.0833. The van der Waals surface area contributed by atoms with Crippen molar-refractivity contribution >= 4 is 15.9 Å². The lowest BCUT2D eigenvalue weighted by Gasteiger charge is -2.09. The molecule has 2 N–H and O–H groups in total. The minimum atomic E-state index is -0.497. The number of aromatic nitrogens is 1. The Bertz CT molecular complexity index is 558. The molecule has 0 fully saturated rings. The minimum absolute atomic E-state index is 0.0799. The summed E-state index contributed by atoms with van der Waals surface area (Å²) in [5.41, 5.74) is 5.88. The molecule has 0 aliphatic rings. The van der Waals surface area contributed by atoms with E-state index in [1.807, 2.05) is 0 Å². The first-order valence-electron chi connectivity index (χ1n) is 5.07. The van der Waals surface area contributed by atoms with Crippen LogP contribution in [0.4, 0.5) is 8.78 Å². The number of ether oxygens (including phenoxy) is 1. The summed E-state index contributed by atoms with van der Waals surface area (Å²) in [5, 5.41) is 0. The smallest absolute Gasteiger partial charge is 0.223 e. The topological polar surface area (TPSA) is 48.1 Å². The van der Waals surface area contributed by atoms with Crippen molar-refractivity contribution in [1.82, 2.24) is 4.98 Å². The van der Waals surface area contributed by atoms with Crippen LogP contribution in [-0.4, -0.2) is 4.98 Å². The second-order valence-corrected chi connectivity index (χ2v) is 4.44. The van der Waals surface area contributed by atoms with E-state index in [4.69, 9.17) is 10.5 Å². The van der Waals surface area contributed by atoms with E-state index in [1.54, 1.807) is 6.07 Å². The molecule has 0 aliphatic heterocycles. The molecule has 6 heteroatoms. The van der Waals surface area contributed by atoms with Gasteiger partial charge in [0, 0.05) is 22.6 Å². The molecule has 0 spiro atoms. The molecular weight excluding hydrogens is 306 g/mol. The Hall–Kier alpha value is -1.53. The molecule has 3 nitrogen and oxygen atoms in total. The summed E-state index contributed by atoms with van der Waals surface area (Å²) in [6.07, 6.45) is 1.02. The molecule has 0 bridgehead atoms. The molecule has 0 amide bonds. The molecule has 0 saturated heterocycles. The highest BCUT2D eigenvalue weighted by molar-refractivity contribution is 9.10. The van der Waals surface area contributed by atoms with E-state index in [2.05, 4.69) is 20.9 Å². The largest absolute Gasteiger partial charge is 0.439 e. The Kier molecular flexibility index (Phi) is 3.88. The van der Waals surface area contributed by atoms with Crippen molar-refractivity contribution < 1.29 is 13.5 Å². The number of nitrogens with zero attached hydrogens (tertiary/aromatic N) is 1. The van der Waals surface area contributed by atoms with Crippen LogP contribution in [-0.2, 0) is 6.54 Å². The van der Waals surface area contributed by atoms with Crippen LogP contribution >= 0.6 is 15.9 Å². The molecule has 2 aromatic rings. The van der Waals surface area contributed by atoms with Crippen LogP contribution in [0.15, 0.2) is 34.9 Å². The summed E-state index contributed by atoms with van der Waals surface area (Å²) in [6, 6.07) is 5.32. The van der Waals surface area contributed by atoms with Crippen molar-refractivity contribution in [2.75, 3.05) is 0 Å². The van der Waals surface area contributed by atoms with Gasteiger partial charge in [0.05, 0.1) is 6.20 Å². The Morgan fingerprint density at radius 3 is 2.61 bits per heavy atom. The van der Waals surface area contributed by atoms with Crippen molar-refractivity contribution in [1.29, 1.82) is 0 Å². The first kappa shape index (κ1) is 12.9. The number of nitrogens with two attached hydrogens (primary N) is 1. The van der Waals surface area contributed by atoms with E-state index in [9.17, 15) is 8.78 Å². The lowest BCUT2D eigenvalue weighted by molar-refractivity contribution is 0.447. The van der Waals surface area contributed by atoms with Gasteiger partial charge in [0.2, 0.25) is 5.88 Å². The molecule has 0 atom stereocenters. The van der Waals surface area contributed by atoms with Gasteiger partial charge in [-0.1, -0.05) is 15.9 Å². The molecule has 0 aliphatic carbocycles. The molecule has 1 aromatic carbocycles. The highest BCUT2D eigenvalue weighted by atomic mass is 79.9. The maximum absolute atomic E-state index is 13.2. The molecule has 1 aromatic heterocycles. The Morgan fingerprint density at radius 1 is 1.17 bits per heavy atom. The number of hydrogen-bond donors (Lipinski definition) is 1. The first-order valence-corrected chi connectivity index (χ1v) is 5.86. The van der Waals surface area contributed by atoms with Gasteiger partial charge in [-0.3, -0.25) is 0 Å². The average molecular weight is 315 g/mol. The van der Waals surface area contributed by atoms with Gasteiger partial charge in [0.15, 0.2) is 0 Å². The van der Waals surface area contributed by atoms with Gasteiger partial charge in [-0.2, -0.15) is 0 Å². The zero-order valence-electron chi connectivity index (χ0n) is 9.16. The lowest BCUT2D eigenvalue weighted by atomic mass is 10.2. The van der Waals surface area contributed by atoms with E-state index in [-0.39, 0.29) is 18.2 Å². The third kappa shape index (κ3) is 3.02. The quantitative estimate of drug-likeness (QED) is 0.945. The molecular formula is C12H9BrF2N2O. The van der Waals surface area contributed by atoms with Crippen molar-refractivity contribution in [3.63, 3.8) is 0 Å². The predicted molar refractivity (Wildman–Crippen MR) is 66.3 cm³/mol.